The number of nitrogens with two attached hydrogens (primary N) is 1. The predicted molar refractivity (Wildman–Crippen MR) is 83.3 cm³/mol. The van der Waals surface area contributed by atoms with Gasteiger partial charge in [-0.05, 0) is 37.8 Å². The molecule has 20 heavy (non-hydrogen) atoms. The Morgan fingerprint density at radius 3 is 2.90 bits per heavy atom. The van der Waals surface area contributed by atoms with Crippen molar-refractivity contribution in [1.29, 1.82) is 0 Å². The molecule has 0 amide bonds. The van der Waals surface area contributed by atoms with Gasteiger partial charge in [-0.2, -0.15) is 5.10 Å². The normalized spacial score (nSPS) is 27.1. The third-order valence-electron chi connectivity index (χ3n) is 4.73. The molecule has 2 unspecified atom stereocenters. The average Bonchev–Trinajstić information content (AvgIpc) is 2.83. The molecule has 1 saturated carbocycles. The molecule has 2 rings (SSSR count). The summed E-state index contributed by atoms with van der Waals surface area (Å²) in [6, 6.07) is 2.12. The van der Waals surface area contributed by atoms with Crippen LogP contribution in [-0.4, -0.2) is 33.3 Å². The maximum absolute atomic E-state index is 6.22. The molecule has 4 nitrogen and oxygen atoms in total. The molecule has 2 atom stereocenters. The molecule has 0 aliphatic heterocycles. The van der Waals surface area contributed by atoms with Crippen LogP contribution in [0, 0.1) is 5.92 Å². The van der Waals surface area contributed by atoms with Gasteiger partial charge in [0, 0.05) is 31.9 Å². The lowest BCUT2D eigenvalue weighted by Crippen LogP contribution is -2.56. The highest BCUT2D eigenvalue weighted by molar-refractivity contribution is 5.03. The molecule has 1 aliphatic carbocycles. The van der Waals surface area contributed by atoms with Crippen LogP contribution in [0.4, 0.5) is 0 Å². The standard InChI is InChI=1S/C16H30N4/c1-4-9-20(12-15-7-10-19(3)18-15)16(13-17)8-5-6-14(2)11-16/h7,10,14H,4-6,8-9,11-13,17H2,1-3H3. The van der Waals surface area contributed by atoms with E-state index in [1.54, 1.807) is 0 Å². The summed E-state index contributed by atoms with van der Waals surface area (Å²) in [6.45, 7) is 7.43. The first-order chi connectivity index (χ1) is 9.59. The summed E-state index contributed by atoms with van der Waals surface area (Å²) in [6.07, 6.45) is 8.32. The fourth-order valence-corrected chi connectivity index (χ4v) is 3.73. The van der Waals surface area contributed by atoms with Gasteiger partial charge >= 0.3 is 0 Å². The Morgan fingerprint density at radius 1 is 1.55 bits per heavy atom. The number of rotatable bonds is 6. The molecule has 114 valence electrons. The van der Waals surface area contributed by atoms with E-state index in [1.807, 2.05) is 17.9 Å². The van der Waals surface area contributed by atoms with Crippen LogP contribution >= 0.6 is 0 Å². The van der Waals surface area contributed by atoms with E-state index in [0.717, 1.165) is 31.2 Å². The molecule has 1 fully saturated rings. The highest BCUT2D eigenvalue weighted by Crippen LogP contribution is 2.37. The van der Waals surface area contributed by atoms with Crippen molar-refractivity contribution < 1.29 is 0 Å². The zero-order valence-electron chi connectivity index (χ0n) is 13.3. The molecule has 0 spiro atoms. The van der Waals surface area contributed by atoms with Gasteiger partial charge in [-0.3, -0.25) is 9.58 Å². The maximum Gasteiger partial charge on any atom is 0.0764 e. The maximum atomic E-state index is 6.22. The van der Waals surface area contributed by atoms with Crippen LogP contribution in [0.5, 0.6) is 0 Å². The Bertz CT molecular complexity index is 414. The molecular weight excluding hydrogens is 248 g/mol. The Morgan fingerprint density at radius 2 is 2.35 bits per heavy atom. The Hall–Kier alpha value is -0.870. The molecule has 0 aromatic carbocycles. The van der Waals surface area contributed by atoms with E-state index in [9.17, 15) is 0 Å². The Labute approximate surface area is 123 Å². The predicted octanol–water partition coefficient (Wildman–Crippen LogP) is 2.54. The lowest BCUT2D eigenvalue weighted by molar-refractivity contribution is 0.0311. The van der Waals surface area contributed by atoms with Crippen molar-refractivity contribution in [3.8, 4) is 0 Å². The van der Waals surface area contributed by atoms with E-state index in [2.05, 4.69) is 29.9 Å². The molecular formula is C16H30N4. The van der Waals surface area contributed by atoms with Gasteiger partial charge in [0.2, 0.25) is 0 Å². The Balaban J connectivity index is 2.16. The summed E-state index contributed by atoms with van der Waals surface area (Å²) in [5, 5.41) is 4.55. The van der Waals surface area contributed by atoms with Crippen LogP contribution < -0.4 is 5.73 Å². The van der Waals surface area contributed by atoms with Crippen LogP contribution in [0.3, 0.4) is 0 Å². The zero-order chi connectivity index (χ0) is 14.6. The first-order valence-corrected chi connectivity index (χ1v) is 8.03. The summed E-state index contributed by atoms with van der Waals surface area (Å²) < 4.78 is 1.89. The highest BCUT2D eigenvalue weighted by atomic mass is 15.3. The zero-order valence-corrected chi connectivity index (χ0v) is 13.3. The third-order valence-corrected chi connectivity index (χ3v) is 4.73. The second-order valence-electron chi connectivity index (χ2n) is 6.53. The quantitative estimate of drug-likeness (QED) is 0.870. The van der Waals surface area contributed by atoms with Crippen molar-refractivity contribution in [3.63, 3.8) is 0 Å². The molecule has 4 heteroatoms. The molecule has 0 bridgehead atoms. The smallest absolute Gasteiger partial charge is 0.0764 e. The largest absolute Gasteiger partial charge is 0.329 e. The van der Waals surface area contributed by atoms with Crippen LogP contribution in [0.15, 0.2) is 12.3 Å². The SMILES string of the molecule is CCCN(Cc1ccn(C)n1)C1(CN)CCCC(C)C1. The molecule has 1 aliphatic rings. The van der Waals surface area contributed by atoms with Gasteiger partial charge in [0.1, 0.15) is 0 Å². The van der Waals surface area contributed by atoms with Gasteiger partial charge in [0.05, 0.1) is 5.69 Å². The third kappa shape index (κ3) is 3.41. The summed E-state index contributed by atoms with van der Waals surface area (Å²) in [7, 11) is 1.98. The lowest BCUT2D eigenvalue weighted by atomic mass is 9.75. The van der Waals surface area contributed by atoms with Crippen LogP contribution in [0.1, 0.15) is 51.6 Å². The van der Waals surface area contributed by atoms with E-state index >= 15 is 0 Å². The number of hydrogen-bond donors (Lipinski definition) is 1. The van der Waals surface area contributed by atoms with Crippen molar-refractivity contribution in [3.05, 3.63) is 18.0 Å². The fraction of sp³-hybridized carbons (Fsp3) is 0.812. The van der Waals surface area contributed by atoms with Crippen molar-refractivity contribution in [1.82, 2.24) is 14.7 Å². The average molecular weight is 278 g/mol. The van der Waals surface area contributed by atoms with E-state index in [1.165, 1.54) is 32.1 Å². The van der Waals surface area contributed by atoms with E-state index in [0.29, 0.717) is 0 Å². The number of hydrogen-bond acceptors (Lipinski definition) is 3. The van der Waals surface area contributed by atoms with Gasteiger partial charge in [-0.25, -0.2) is 0 Å². The van der Waals surface area contributed by atoms with Crippen LogP contribution in [0.2, 0.25) is 0 Å². The molecule has 1 aromatic rings. The van der Waals surface area contributed by atoms with Gasteiger partial charge in [-0.15, -0.1) is 0 Å². The lowest BCUT2D eigenvalue weighted by Gasteiger charge is -2.47. The highest BCUT2D eigenvalue weighted by Gasteiger charge is 2.38. The number of aromatic nitrogens is 2. The molecule has 0 saturated heterocycles. The number of aryl methyl sites for hydroxylation is 1. The minimum absolute atomic E-state index is 0.186. The van der Waals surface area contributed by atoms with E-state index < -0.39 is 0 Å². The molecule has 1 heterocycles. The number of nitrogens with zero attached hydrogens (tertiary/aromatic N) is 3. The second kappa shape index (κ2) is 6.72. The minimum Gasteiger partial charge on any atom is -0.329 e. The summed E-state index contributed by atoms with van der Waals surface area (Å²) in [4.78, 5) is 2.60. The molecule has 1 aromatic heterocycles. The minimum atomic E-state index is 0.186. The fourth-order valence-electron chi connectivity index (χ4n) is 3.73. The molecule has 0 radical (unpaired) electrons. The first kappa shape index (κ1) is 15.5. The van der Waals surface area contributed by atoms with Gasteiger partial charge in [0.25, 0.3) is 0 Å². The van der Waals surface area contributed by atoms with E-state index in [4.69, 9.17) is 5.73 Å². The van der Waals surface area contributed by atoms with Crippen molar-refractivity contribution in [2.75, 3.05) is 13.1 Å². The van der Waals surface area contributed by atoms with Crippen molar-refractivity contribution >= 4 is 0 Å². The van der Waals surface area contributed by atoms with Gasteiger partial charge in [0.15, 0.2) is 0 Å². The summed E-state index contributed by atoms with van der Waals surface area (Å²) in [5.74, 6) is 0.787. The summed E-state index contributed by atoms with van der Waals surface area (Å²) >= 11 is 0. The second-order valence-corrected chi connectivity index (χ2v) is 6.53. The Kier molecular flexibility index (Phi) is 5.22. The van der Waals surface area contributed by atoms with Gasteiger partial charge in [-0.1, -0.05) is 26.7 Å². The van der Waals surface area contributed by atoms with Crippen LogP contribution in [-0.2, 0) is 13.6 Å². The topological polar surface area (TPSA) is 47.1 Å². The summed E-state index contributed by atoms with van der Waals surface area (Å²) in [5.41, 5.74) is 7.57. The van der Waals surface area contributed by atoms with Crippen molar-refractivity contribution in [2.24, 2.45) is 18.7 Å². The first-order valence-electron chi connectivity index (χ1n) is 8.03. The van der Waals surface area contributed by atoms with Crippen molar-refractivity contribution in [2.45, 2.75) is 58.0 Å². The van der Waals surface area contributed by atoms with Gasteiger partial charge < -0.3 is 5.73 Å². The molecule has 2 N–H and O–H groups in total. The van der Waals surface area contributed by atoms with E-state index in [-0.39, 0.29) is 5.54 Å². The monoisotopic (exact) mass is 278 g/mol. The van der Waals surface area contributed by atoms with Crippen LogP contribution in [0.25, 0.3) is 0 Å².